The first-order chi connectivity index (χ1) is 12.9. The summed E-state index contributed by atoms with van der Waals surface area (Å²) in [7, 11) is 0. The topological polar surface area (TPSA) is 24.9 Å². The highest BCUT2D eigenvalue weighted by Gasteiger charge is 2.14. The first-order valence-corrected chi connectivity index (χ1v) is 9.61. The van der Waals surface area contributed by atoms with Crippen molar-refractivity contribution >= 4 is 16.5 Å². The van der Waals surface area contributed by atoms with Gasteiger partial charge >= 0.3 is 0 Å². The first-order valence-electron chi connectivity index (χ1n) is 8.79. The number of aromatic nitrogens is 1. The molecule has 0 fully saturated rings. The van der Waals surface area contributed by atoms with Gasteiger partial charge in [0.05, 0.1) is 10.6 Å². The lowest BCUT2D eigenvalue weighted by atomic mass is 10.1. The van der Waals surface area contributed by atoms with Crippen molar-refractivity contribution in [1.29, 1.82) is 0 Å². The van der Waals surface area contributed by atoms with Crippen LogP contribution in [0.25, 0.3) is 21.7 Å². The van der Waals surface area contributed by atoms with E-state index in [0.29, 0.717) is 0 Å². The van der Waals surface area contributed by atoms with Gasteiger partial charge in [-0.25, -0.2) is 4.98 Å². The molecule has 1 N–H and O–H groups in total. The fourth-order valence-electron chi connectivity index (χ4n) is 2.93. The van der Waals surface area contributed by atoms with Crippen molar-refractivity contribution in [1.82, 2.24) is 4.98 Å². The minimum atomic E-state index is 0.875. The van der Waals surface area contributed by atoms with Crippen LogP contribution in [0.3, 0.4) is 0 Å². The lowest BCUT2D eigenvalue weighted by Gasteiger charge is -2.02. The van der Waals surface area contributed by atoms with Gasteiger partial charge in [0.15, 0.2) is 5.13 Å². The summed E-state index contributed by atoms with van der Waals surface area (Å²) in [5, 5.41) is 4.47. The van der Waals surface area contributed by atoms with E-state index in [1.165, 1.54) is 16.0 Å². The van der Waals surface area contributed by atoms with E-state index in [1.807, 2.05) is 12.1 Å². The minimum absolute atomic E-state index is 0.875. The summed E-state index contributed by atoms with van der Waals surface area (Å²) >= 11 is 1.72. The van der Waals surface area contributed by atoms with E-state index in [4.69, 9.17) is 4.98 Å². The molecular formula is C23H20N2S. The van der Waals surface area contributed by atoms with E-state index in [1.54, 1.807) is 11.3 Å². The second-order valence-electron chi connectivity index (χ2n) is 6.09. The van der Waals surface area contributed by atoms with E-state index in [2.05, 4.69) is 84.2 Å². The van der Waals surface area contributed by atoms with Crippen LogP contribution >= 0.6 is 11.3 Å². The van der Waals surface area contributed by atoms with Crippen LogP contribution in [0.4, 0.5) is 5.13 Å². The van der Waals surface area contributed by atoms with Crippen LogP contribution in [-0.4, -0.2) is 11.5 Å². The van der Waals surface area contributed by atoms with Gasteiger partial charge in [0.2, 0.25) is 0 Å². The predicted octanol–water partition coefficient (Wildman–Crippen LogP) is 6.13. The maximum absolute atomic E-state index is 4.90. The van der Waals surface area contributed by atoms with E-state index in [0.717, 1.165) is 29.4 Å². The quantitative estimate of drug-likeness (QED) is 0.449. The molecule has 2 nitrogen and oxygen atoms in total. The second kappa shape index (κ2) is 7.98. The molecule has 0 radical (unpaired) electrons. The molecule has 0 spiro atoms. The average Bonchev–Trinajstić information content (AvgIpc) is 3.14. The molecule has 4 aromatic rings. The molecule has 0 unspecified atom stereocenters. The summed E-state index contributed by atoms with van der Waals surface area (Å²) in [6.45, 7) is 0.875. The molecular weight excluding hydrogens is 336 g/mol. The number of hydrogen-bond acceptors (Lipinski definition) is 3. The van der Waals surface area contributed by atoms with Crippen LogP contribution in [0.5, 0.6) is 0 Å². The zero-order valence-electron chi connectivity index (χ0n) is 14.4. The van der Waals surface area contributed by atoms with Crippen LogP contribution < -0.4 is 5.32 Å². The molecule has 0 atom stereocenters. The number of anilines is 1. The predicted molar refractivity (Wildman–Crippen MR) is 112 cm³/mol. The van der Waals surface area contributed by atoms with Crippen LogP contribution in [-0.2, 0) is 6.42 Å². The summed E-state index contributed by atoms with van der Waals surface area (Å²) in [5.74, 6) is 0. The molecule has 0 aliphatic carbocycles. The zero-order chi connectivity index (χ0) is 17.6. The fraction of sp³-hybridized carbons (Fsp3) is 0.0870. The first kappa shape index (κ1) is 16.6. The smallest absolute Gasteiger partial charge is 0.183 e. The Labute approximate surface area is 158 Å². The summed E-state index contributed by atoms with van der Waals surface area (Å²) in [5.41, 5.74) is 4.74. The van der Waals surface area contributed by atoms with Gasteiger partial charge in [-0.1, -0.05) is 102 Å². The van der Waals surface area contributed by atoms with Crippen LogP contribution in [0, 0.1) is 0 Å². The number of benzene rings is 3. The second-order valence-corrected chi connectivity index (χ2v) is 7.09. The van der Waals surface area contributed by atoms with Crippen molar-refractivity contribution in [2.75, 3.05) is 11.9 Å². The molecule has 26 heavy (non-hydrogen) atoms. The number of rotatable bonds is 6. The van der Waals surface area contributed by atoms with Gasteiger partial charge in [0.1, 0.15) is 0 Å². The highest BCUT2D eigenvalue weighted by molar-refractivity contribution is 7.19. The zero-order valence-corrected chi connectivity index (χ0v) is 15.2. The SMILES string of the molecule is c1ccc(CCNc2nc(-c3ccccc3)c(-c3ccccc3)s2)cc1. The van der Waals surface area contributed by atoms with Gasteiger partial charge in [-0.3, -0.25) is 0 Å². The summed E-state index contributed by atoms with van der Waals surface area (Å²) < 4.78 is 0. The van der Waals surface area contributed by atoms with Crippen molar-refractivity contribution in [3.05, 3.63) is 96.6 Å². The molecule has 1 aromatic heterocycles. The van der Waals surface area contributed by atoms with Gasteiger partial charge in [0.25, 0.3) is 0 Å². The molecule has 3 heteroatoms. The molecule has 0 aliphatic rings. The summed E-state index contributed by atoms with van der Waals surface area (Å²) in [6.07, 6.45) is 0.988. The highest BCUT2D eigenvalue weighted by Crippen LogP contribution is 2.38. The van der Waals surface area contributed by atoms with Crippen LogP contribution in [0.1, 0.15) is 5.56 Å². The normalized spacial score (nSPS) is 10.6. The Morgan fingerprint density at radius 2 is 1.27 bits per heavy atom. The average molecular weight is 356 g/mol. The fourth-order valence-corrected chi connectivity index (χ4v) is 3.95. The third-order valence-electron chi connectivity index (χ3n) is 4.24. The molecule has 3 aromatic carbocycles. The molecule has 0 saturated heterocycles. The van der Waals surface area contributed by atoms with E-state index in [-0.39, 0.29) is 0 Å². The summed E-state index contributed by atoms with van der Waals surface area (Å²) in [4.78, 5) is 6.10. The standard InChI is InChI=1S/C23H20N2S/c1-4-10-18(11-5-1)16-17-24-23-25-21(19-12-6-2-7-13-19)22(26-23)20-14-8-3-9-15-20/h1-15H,16-17H2,(H,24,25). The Morgan fingerprint density at radius 3 is 1.92 bits per heavy atom. The molecule has 0 bridgehead atoms. The van der Waals surface area contributed by atoms with E-state index < -0.39 is 0 Å². The Bertz CT molecular complexity index is 890. The Morgan fingerprint density at radius 1 is 0.692 bits per heavy atom. The lowest BCUT2D eigenvalue weighted by Crippen LogP contribution is -2.04. The third-order valence-corrected chi connectivity index (χ3v) is 5.31. The maximum atomic E-state index is 4.90. The Kier molecular flexibility index (Phi) is 5.08. The molecule has 128 valence electrons. The largest absolute Gasteiger partial charge is 0.361 e. The van der Waals surface area contributed by atoms with Gasteiger partial charge in [-0.05, 0) is 17.5 Å². The molecule has 1 heterocycles. The van der Waals surface area contributed by atoms with Gasteiger partial charge in [-0.2, -0.15) is 0 Å². The van der Waals surface area contributed by atoms with E-state index in [9.17, 15) is 0 Å². The van der Waals surface area contributed by atoms with Crippen molar-refractivity contribution in [3.63, 3.8) is 0 Å². The summed E-state index contributed by atoms with van der Waals surface area (Å²) in [6, 6.07) is 31.4. The van der Waals surface area contributed by atoms with Crippen molar-refractivity contribution in [2.24, 2.45) is 0 Å². The van der Waals surface area contributed by atoms with E-state index >= 15 is 0 Å². The van der Waals surface area contributed by atoms with Crippen LogP contribution in [0.15, 0.2) is 91.0 Å². The number of thiazole rings is 1. The molecule has 4 rings (SSSR count). The molecule has 0 aliphatic heterocycles. The van der Waals surface area contributed by atoms with Crippen molar-refractivity contribution in [3.8, 4) is 21.7 Å². The van der Waals surface area contributed by atoms with Crippen molar-refractivity contribution < 1.29 is 0 Å². The molecule has 0 saturated carbocycles. The van der Waals surface area contributed by atoms with Crippen molar-refractivity contribution in [2.45, 2.75) is 6.42 Å². The Hall–Kier alpha value is -2.91. The highest BCUT2D eigenvalue weighted by atomic mass is 32.1. The van der Waals surface area contributed by atoms with Gasteiger partial charge in [-0.15, -0.1) is 0 Å². The monoisotopic (exact) mass is 356 g/mol. The third kappa shape index (κ3) is 3.84. The number of nitrogens with one attached hydrogen (secondary N) is 1. The van der Waals surface area contributed by atoms with Crippen LogP contribution in [0.2, 0.25) is 0 Å². The minimum Gasteiger partial charge on any atom is -0.361 e. The maximum Gasteiger partial charge on any atom is 0.183 e. The van der Waals surface area contributed by atoms with Gasteiger partial charge < -0.3 is 5.32 Å². The number of nitrogens with zero attached hydrogens (tertiary/aromatic N) is 1. The number of hydrogen-bond donors (Lipinski definition) is 1. The van der Waals surface area contributed by atoms with Gasteiger partial charge in [0, 0.05) is 12.1 Å². The Balaban J connectivity index is 1.59. The molecule has 0 amide bonds. The lowest BCUT2D eigenvalue weighted by molar-refractivity contribution is 1.02.